The number of hydrogen-bond acceptors (Lipinski definition) is 5. The van der Waals surface area contributed by atoms with E-state index in [2.05, 4.69) is 39.9 Å². The van der Waals surface area contributed by atoms with E-state index in [1.165, 1.54) is 5.01 Å². The molecule has 3 nitrogen and oxygen atoms in total. The van der Waals surface area contributed by atoms with Crippen LogP contribution in [0.5, 0.6) is 0 Å². The Labute approximate surface area is 116 Å². The van der Waals surface area contributed by atoms with E-state index in [1.54, 1.807) is 22.7 Å². The summed E-state index contributed by atoms with van der Waals surface area (Å²) < 4.78 is 0. The molecule has 1 N–H and O–H groups in total. The van der Waals surface area contributed by atoms with E-state index in [0.717, 1.165) is 24.5 Å². The third-order valence-corrected chi connectivity index (χ3v) is 3.99. The number of nitrogens with one attached hydrogen (secondary N) is 1. The monoisotopic (exact) mass is 289 g/mol. The molecule has 0 aliphatic heterocycles. The molecule has 94 valence electrons. The molecule has 0 amide bonds. The average molecular weight is 290 g/mol. The van der Waals surface area contributed by atoms with Gasteiger partial charge in [0.05, 0.1) is 21.9 Å². The van der Waals surface area contributed by atoms with Crippen molar-refractivity contribution in [2.75, 3.05) is 0 Å². The quantitative estimate of drug-likeness (QED) is 0.916. The number of rotatable bonds is 5. The van der Waals surface area contributed by atoms with Crippen molar-refractivity contribution in [3.63, 3.8) is 0 Å². The third-order valence-electron chi connectivity index (χ3n) is 2.16. The Morgan fingerprint density at radius 3 is 2.59 bits per heavy atom. The third kappa shape index (κ3) is 4.35. The molecule has 0 aromatic carbocycles. The molecule has 0 radical (unpaired) electrons. The van der Waals surface area contributed by atoms with Crippen molar-refractivity contribution in [2.24, 2.45) is 0 Å². The fourth-order valence-electron chi connectivity index (χ4n) is 1.31. The molecular formula is C11H16ClN3S2. The molecule has 0 atom stereocenters. The van der Waals surface area contributed by atoms with Crippen molar-refractivity contribution >= 4 is 35.1 Å². The molecule has 0 spiro atoms. The van der Waals surface area contributed by atoms with Gasteiger partial charge in [-0.2, -0.15) is 0 Å². The molecule has 17 heavy (non-hydrogen) atoms. The van der Waals surface area contributed by atoms with Gasteiger partial charge in [-0.25, -0.2) is 9.97 Å². The van der Waals surface area contributed by atoms with Gasteiger partial charge in [0, 0.05) is 29.8 Å². The molecule has 2 heterocycles. The minimum Gasteiger partial charge on any atom is -0.305 e. The van der Waals surface area contributed by atoms with E-state index in [-0.39, 0.29) is 12.4 Å². The maximum atomic E-state index is 4.57. The summed E-state index contributed by atoms with van der Waals surface area (Å²) in [4.78, 5) is 8.79. The average Bonchev–Trinajstić information content (AvgIpc) is 2.87. The summed E-state index contributed by atoms with van der Waals surface area (Å²) in [7, 11) is 0. The van der Waals surface area contributed by atoms with Crippen LogP contribution in [0.1, 0.15) is 36.2 Å². The van der Waals surface area contributed by atoms with Crippen molar-refractivity contribution in [2.45, 2.75) is 32.9 Å². The van der Waals surface area contributed by atoms with E-state index in [0.29, 0.717) is 5.92 Å². The van der Waals surface area contributed by atoms with Gasteiger partial charge in [-0.1, -0.05) is 13.8 Å². The van der Waals surface area contributed by atoms with Gasteiger partial charge in [-0.3, -0.25) is 0 Å². The van der Waals surface area contributed by atoms with Crippen LogP contribution in [0, 0.1) is 0 Å². The zero-order valence-corrected chi connectivity index (χ0v) is 12.3. The first-order chi connectivity index (χ1) is 7.75. The predicted molar refractivity (Wildman–Crippen MR) is 76.1 cm³/mol. The molecule has 0 aliphatic carbocycles. The van der Waals surface area contributed by atoms with E-state index in [9.17, 15) is 0 Å². The summed E-state index contributed by atoms with van der Waals surface area (Å²) in [6, 6.07) is 0. The molecule has 0 bridgehead atoms. The lowest BCUT2D eigenvalue weighted by molar-refractivity contribution is 0.669. The van der Waals surface area contributed by atoms with Crippen LogP contribution in [-0.2, 0) is 13.1 Å². The Balaban J connectivity index is 0.00000144. The van der Waals surface area contributed by atoms with Gasteiger partial charge in [0.15, 0.2) is 0 Å². The number of aromatic nitrogens is 2. The van der Waals surface area contributed by atoms with Crippen LogP contribution in [0.3, 0.4) is 0 Å². The molecule has 2 aromatic heterocycles. The first-order valence-electron chi connectivity index (χ1n) is 5.28. The fourth-order valence-corrected chi connectivity index (χ4v) is 2.71. The van der Waals surface area contributed by atoms with E-state index < -0.39 is 0 Å². The van der Waals surface area contributed by atoms with Gasteiger partial charge < -0.3 is 5.32 Å². The smallest absolute Gasteiger partial charge is 0.0954 e. The second-order valence-corrected chi connectivity index (χ2v) is 5.52. The molecule has 0 fully saturated rings. The molecule has 0 unspecified atom stereocenters. The van der Waals surface area contributed by atoms with Crippen molar-refractivity contribution in [1.82, 2.24) is 15.3 Å². The minimum absolute atomic E-state index is 0. The topological polar surface area (TPSA) is 37.8 Å². The summed E-state index contributed by atoms with van der Waals surface area (Å²) in [6.45, 7) is 5.98. The first kappa shape index (κ1) is 14.6. The summed E-state index contributed by atoms with van der Waals surface area (Å²) >= 11 is 3.37. The summed E-state index contributed by atoms with van der Waals surface area (Å²) in [5, 5.41) is 8.75. The van der Waals surface area contributed by atoms with Crippen molar-refractivity contribution in [3.05, 3.63) is 32.7 Å². The molecular weight excluding hydrogens is 274 g/mol. The SMILES string of the molecule is CC(C)c1nc(CNCc2cscn2)cs1.Cl. The number of hydrogen-bond donors (Lipinski definition) is 1. The van der Waals surface area contributed by atoms with Gasteiger partial charge in [0.2, 0.25) is 0 Å². The lowest BCUT2D eigenvalue weighted by atomic mass is 10.2. The van der Waals surface area contributed by atoms with Crippen molar-refractivity contribution < 1.29 is 0 Å². The minimum atomic E-state index is 0. The van der Waals surface area contributed by atoms with Gasteiger partial charge in [0.25, 0.3) is 0 Å². The summed E-state index contributed by atoms with van der Waals surface area (Å²) in [5.41, 5.74) is 4.09. The summed E-state index contributed by atoms with van der Waals surface area (Å²) in [5.74, 6) is 0.525. The Bertz CT molecular complexity index is 426. The summed E-state index contributed by atoms with van der Waals surface area (Å²) in [6.07, 6.45) is 0. The van der Waals surface area contributed by atoms with Crippen LogP contribution in [0.15, 0.2) is 16.3 Å². The van der Waals surface area contributed by atoms with Crippen molar-refractivity contribution in [3.8, 4) is 0 Å². The normalized spacial score (nSPS) is 10.5. The maximum Gasteiger partial charge on any atom is 0.0954 e. The lowest BCUT2D eigenvalue weighted by Gasteiger charge is -2.00. The highest BCUT2D eigenvalue weighted by atomic mass is 35.5. The number of nitrogens with zero attached hydrogens (tertiary/aromatic N) is 2. The fraction of sp³-hybridized carbons (Fsp3) is 0.455. The van der Waals surface area contributed by atoms with E-state index in [4.69, 9.17) is 0 Å². The highest BCUT2D eigenvalue weighted by molar-refractivity contribution is 7.09. The van der Waals surface area contributed by atoms with Crippen LogP contribution in [-0.4, -0.2) is 9.97 Å². The standard InChI is InChI=1S/C11H15N3S2.ClH/c1-8(2)11-14-10(6-16-11)4-12-3-9-5-15-7-13-9;/h5-8,12H,3-4H2,1-2H3;1H. The molecule has 0 aliphatic rings. The van der Waals surface area contributed by atoms with Gasteiger partial charge in [-0.15, -0.1) is 35.1 Å². The molecule has 2 rings (SSSR count). The zero-order valence-electron chi connectivity index (χ0n) is 9.84. The van der Waals surface area contributed by atoms with Gasteiger partial charge >= 0.3 is 0 Å². The van der Waals surface area contributed by atoms with Crippen LogP contribution >= 0.6 is 35.1 Å². The van der Waals surface area contributed by atoms with Crippen molar-refractivity contribution in [1.29, 1.82) is 0 Å². The zero-order chi connectivity index (χ0) is 11.4. The van der Waals surface area contributed by atoms with Crippen LogP contribution < -0.4 is 5.32 Å². The predicted octanol–water partition coefficient (Wildman–Crippen LogP) is 3.43. The van der Waals surface area contributed by atoms with Crippen LogP contribution in [0.2, 0.25) is 0 Å². The highest BCUT2D eigenvalue weighted by Crippen LogP contribution is 2.18. The van der Waals surface area contributed by atoms with E-state index in [1.807, 2.05) is 5.51 Å². The second-order valence-electron chi connectivity index (χ2n) is 3.92. The molecule has 6 heteroatoms. The Kier molecular flexibility index (Phi) is 6.05. The Hall–Kier alpha value is -0.490. The van der Waals surface area contributed by atoms with Crippen LogP contribution in [0.25, 0.3) is 0 Å². The van der Waals surface area contributed by atoms with Crippen LogP contribution in [0.4, 0.5) is 0 Å². The molecule has 0 saturated heterocycles. The lowest BCUT2D eigenvalue weighted by Crippen LogP contribution is -2.13. The Morgan fingerprint density at radius 2 is 2.00 bits per heavy atom. The largest absolute Gasteiger partial charge is 0.305 e. The van der Waals surface area contributed by atoms with E-state index >= 15 is 0 Å². The van der Waals surface area contributed by atoms with Gasteiger partial charge in [-0.05, 0) is 0 Å². The molecule has 0 saturated carbocycles. The maximum absolute atomic E-state index is 4.57. The highest BCUT2D eigenvalue weighted by Gasteiger charge is 2.05. The first-order valence-corrected chi connectivity index (χ1v) is 7.10. The Morgan fingerprint density at radius 1 is 1.24 bits per heavy atom. The number of halogens is 1. The van der Waals surface area contributed by atoms with Gasteiger partial charge in [0.1, 0.15) is 0 Å². The second kappa shape index (κ2) is 7.06. The molecule has 2 aromatic rings. The number of thiazole rings is 2.